The third-order valence-corrected chi connectivity index (χ3v) is 7.40. The quantitative estimate of drug-likeness (QED) is 0.583. The Labute approximate surface area is 184 Å². The molecule has 0 bridgehead atoms. The van der Waals surface area contributed by atoms with E-state index < -0.39 is 22.9 Å². The lowest BCUT2D eigenvalue weighted by Crippen LogP contribution is -2.29. The minimum atomic E-state index is -2.66. The number of rotatable bonds is 4. The number of Topliss-reactive ketones (excluding diaryl/α,β-unsaturated/α-hetero) is 1. The molecule has 0 amide bonds. The standard InChI is InChI=1S/C24H23F2N3O3/c25-24(26)9-12-29(14-24)16-3-1-15(2-4-16)22(6-7-22)20(30)19-18-17(5-10-28-19)23(32-21(18)31)8-11-27-13-23/h1-5,10,27H,6-9,11-14H2. The van der Waals surface area contributed by atoms with Gasteiger partial charge >= 0.3 is 5.97 Å². The number of nitrogens with zero attached hydrogens (tertiary/aromatic N) is 2. The number of carbonyl (C=O) groups is 2. The van der Waals surface area contributed by atoms with Crippen molar-refractivity contribution in [1.82, 2.24) is 10.3 Å². The van der Waals surface area contributed by atoms with Crippen molar-refractivity contribution in [2.24, 2.45) is 0 Å². The van der Waals surface area contributed by atoms with Crippen LogP contribution in [0.15, 0.2) is 36.5 Å². The van der Waals surface area contributed by atoms with Crippen molar-refractivity contribution < 1.29 is 23.1 Å². The average molecular weight is 439 g/mol. The maximum Gasteiger partial charge on any atom is 0.341 e. The number of hydrogen-bond acceptors (Lipinski definition) is 6. The molecular formula is C24H23F2N3O3. The summed E-state index contributed by atoms with van der Waals surface area (Å²) in [5, 5.41) is 3.23. The van der Waals surface area contributed by atoms with E-state index in [2.05, 4.69) is 10.3 Å². The highest BCUT2D eigenvalue weighted by Gasteiger charge is 2.55. The number of anilines is 1. The van der Waals surface area contributed by atoms with Gasteiger partial charge in [0.15, 0.2) is 11.4 Å². The van der Waals surface area contributed by atoms with Gasteiger partial charge in [0, 0.05) is 43.4 Å². The van der Waals surface area contributed by atoms with E-state index in [-0.39, 0.29) is 24.4 Å². The van der Waals surface area contributed by atoms with E-state index in [0.29, 0.717) is 37.9 Å². The van der Waals surface area contributed by atoms with E-state index in [1.54, 1.807) is 29.3 Å². The zero-order chi connectivity index (χ0) is 22.1. The molecule has 4 heterocycles. The molecule has 1 N–H and O–H groups in total. The highest BCUT2D eigenvalue weighted by molar-refractivity contribution is 6.12. The van der Waals surface area contributed by atoms with Crippen LogP contribution in [0.5, 0.6) is 0 Å². The Morgan fingerprint density at radius 3 is 2.50 bits per heavy atom. The first kappa shape index (κ1) is 19.8. The Morgan fingerprint density at radius 2 is 1.88 bits per heavy atom. The molecule has 1 spiro atoms. The highest BCUT2D eigenvalue weighted by atomic mass is 19.3. The summed E-state index contributed by atoms with van der Waals surface area (Å²) in [5.74, 6) is -3.32. The van der Waals surface area contributed by atoms with E-state index in [4.69, 9.17) is 4.74 Å². The molecule has 2 aromatic rings. The van der Waals surface area contributed by atoms with Crippen LogP contribution in [0.25, 0.3) is 0 Å². The summed E-state index contributed by atoms with van der Waals surface area (Å²) in [5.41, 5.74) is 1.35. The van der Waals surface area contributed by atoms with Crippen molar-refractivity contribution in [2.75, 3.05) is 31.1 Å². The van der Waals surface area contributed by atoms with Crippen molar-refractivity contribution >= 4 is 17.4 Å². The second kappa shape index (κ2) is 6.57. The number of esters is 1. The first-order valence-electron chi connectivity index (χ1n) is 11.1. The molecule has 1 aliphatic carbocycles. The van der Waals surface area contributed by atoms with Gasteiger partial charge in [0.1, 0.15) is 5.69 Å². The summed E-state index contributed by atoms with van der Waals surface area (Å²) in [6.45, 7) is 1.31. The summed E-state index contributed by atoms with van der Waals surface area (Å²) in [6, 6.07) is 9.09. The predicted molar refractivity (Wildman–Crippen MR) is 112 cm³/mol. The summed E-state index contributed by atoms with van der Waals surface area (Å²) >= 11 is 0. The van der Waals surface area contributed by atoms with Gasteiger partial charge in [-0.05, 0) is 43.1 Å². The van der Waals surface area contributed by atoms with Gasteiger partial charge in [-0.15, -0.1) is 0 Å². The molecule has 4 aliphatic rings. The van der Waals surface area contributed by atoms with E-state index in [1.807, 2.05) is 12.1 Å². The number of halogens is 2. The van der Waals surface area contributed by atoms with Crippen LogP contribution < -0.4 is 10.2 Å². The lowest BCUT2D eigenvalue weighted by molar-refractivity contribution is 0.00155. The molecule has 2 saturated heterocycles. The number of alkyl halides is 2. The lowest BCUT2D eigenvalue weighted by Gasteiger charge is -2.22. The largest absolute Gasteiger partial charge is 0.449 e. The third kappa shape index (κ3) is 2.81. The van der Waals surface area contributed by atoms with Gasteiger partial charge in [0.05, 0.1) is 17.5 Å². The molecule has 1 atom stereocenters. The zero-order valence-electron chi connectivity index (χ0n) is 17.5. The van der Waals surface area contributed by atoms with Gasteiger partial charge in [0.2, 0.25) is 0 Å². The Morgan fingerprint density at radius 1 is 1.09 bits per heavy atom. The van der Waals surface area contributed by atoms with E-state index in [0.717, 1.165) is 23.4 Å². The molecule has 1 aromatic carbocycles. The molecule has 8 heteroatoms. The lowest BCUT2D eigenvalue weighted by atomic mass is 9.85. The number of hydrogen-bond donors (Lipinski definition) is 1. The fourth-order valence-electron chi connectivity index (χ4n) is 5.44. The monoisotopic (exact) mass is 439 g/mol. The van der Waals surface area contributed by atoms with Gasteiger partial charge in [-0.1, -0.05) is 12.1 Å². The smallest absolute Gasteiger partial charge is 0.341 e. The Balaban J connectivity index is 1.31. The summed E-state index contributed by atoms with van der Waals surface area (Å²) in [7, 11) is 0. The number of nitrogens with one attached hydrogen (secondary N) is 1. The summed E-state index contributed by atoms with van der Waals surface area (Å²) in [6.07, 6.45) is 3.45. The Kier molecular flexibility index (Phi) is 4.06. The van der Waals surface area contributed by atoms with Crippen LogP contribution in [0.3, 0.4) is 0 Å². The number of carbonyl (C=O) groups excluding carboxylic acids is 2. The molecule has 1 aromatic heterocycles. The molecule has 1 saturated carbocycles. The number of benzene rings is 1. The van der Waals surface area contributed by atoms with Crippen LogP contribution in [-0.2, 0) is 15.8 Å². The van der Waals surface area contributed by atoms with E-state index >= 15 is 0 Å². The molecule has 3 aliphatic heterocycles. The van der Waals surface area contributed by atoms with E-state index in [1.165, 1.54) is 0 Å². The third-order valence-electron chi connectivity index (χ3n) is 7.40. The SMILES string of the molecule is O=C1OC2(CCNC2)c2ccnc(C(=O)C3(c4ccc(N5CCC(F)(F)C5)cc4)CC3)c21. The molecule has 32 heavy (non-hydrogen) atoms. The molecule has 0 radical (unpaired) electrons. The fraction of sp³-hybridized carbons (Fsp3) is 0.458. The maximum atomic E-state index is 13.7. The van der Waals surface area contributed by atoms with Crippen LogP contribution >= 0.6 is 0 Å². The minimum Gasteiger partial charge on any atom is -0.449 e. The van der Waals surface area contributed by atoms with Crippen molar-refractivity contribution in [3.63, 3.8) is 0 Å². The predicted octanol–water partition coefficient (Wildman–Crippen LogP) is 3.20. The van der Waals surface area contributed by atoms with Crippen LogP contribution in [-0.4, -0.2) is 48.8 Å². The van der Waals surface area contributed by atoms with Crippen molar-refractivity contribution in [3.05, 3.63) is 58.9 Å². The van der Waals surface area contributed by atoms with Crippen molar-refractivity contribution in [1.29, 1.82) is 0 Å². The average Bonchev–Trinajstić information content (AvgIpc) is 3.19. The van der Waals surface area contributed by atoms with Gasteiger partial charge in [0.25, 0.3) is 5.92 Å². The molecular weight excluding hydrogens is 416 g/mol. The number of fused-ring (bicyclic) bond motifs is 2. The topological polar surface area (TPSA) is 71.5 Å². The Hall–Kier alpha value is -2.87. The van der Waals surface area contributed by atoms with Gasteiger partial charge < -0.3 is 15.0 Å². The maximum absolute atomic E-state index is 13.7. The van der Waals surface area contributed by atoms with Crippen molar-refractivity contribution in [3.8, 4) is 0 Å². The zero-order valence-corrected chi connectivity index (χ0v) is 17.5. The van der Waals surface area contributed by atoms with Gasteiger partial charge in [-0.25, -0.2) is 13.6 Å². The first-order chi connectivity index (χ1) is 15.3. The fourth-order valence-corrected chi connectivity index (χ4v) is 5.44. The molecule has 166 valence electrons. The number of pyridine rings is 1. The number of ketones is 1. The Bertz CT molecular complexity index is 1120. The normalized spacial score (nSPS) is 26.9. The first-order valence-corrected chi connectivity index (χ1v) is 11.1. The molecule has 6 rings (SSSR count). The number of aromatic nitrogens is 1. The second-order valence-electron chi connectivity index (χ2n) is 9.38. The minimum absolute atomic E-state index is 0.144. The summed E-state index contributed by atoms with van der Waals surface area (Å²) < 4.78 is 32.9. The molecule has 3 fully saturated rings. The molecule has 6 nitrogen and oxygen atoms in total. The second-order valence-corrected chi connectivity index (χ2v) is 9.38. The van der Waals surface area contributed by atoms with Crippen LogP contribution in [0.1, 0.15) is 57.7 Å². The van der Waals surface area contributed by atoms with Crippen molar-refractivity contribution in [2.45, 2.75) is 42.6 Å². The van der Waals surface area contributed by atoms with Crippen LogP contribution in [0.4, 0.5) is 14.5 Å². The van der Waals surface area contributed by atoms with Crippen LogP contribution in [0, 0.1) is 0 Å². The molecule has 1 unspecified atom stereocenters. The van der Waals surface area contributed by atoms with E-state index in [9.17, 15) is 18.4 Å². The van der Waals surface area contributed by atoms with Gasteiger partial charge in [-0.3, -0.25) is 9.78 Å². The highest BCUT2D eigenvalue weighted by Crippen LogP contribution is 2.52. The van der Waals surface area contributed by atoms with Crippen LogP contribution in [0.2, 0.25) is 0 Å². The van der Waals surface area contributed by atoms with Gasteiger partial charge in [-0.2, -0.15) is 0 Å². The number of ether oxygens (including phenoxy) is 1. The summed E-state index contributed by atoms with van der Waals surface area (Å²) in [4.78, 5) is 32.4.